The smallest absolute Gasteiger partial charge is 0.253 e. The second kappa shape index (κ2) is 5.00. The summed E-state index contributed by atoms with van der Waals surface area (Å²) in [7, 11) is 0. The van der Waals surface area contributed by atoms with Crippen LogP contribution >= 0.6 is 11.6 Å². The van der Waals surface area contributed by atoms with E-state index in [1.54, 1.807) is 0 Å². The molecular weight excluding hydrogens is 244 g/mol. The van der Waals surface area contributed by atoms with Gasteiger partial charge in [-0.15, -0.1) is 0 Å². The van der Waals surface area contributed by atoms with E-state index in [9.17, 15) is 9.90 Å². The highest BCUT2D eigenvalue weighted by Crippen LogP contribution is 2.18. The molecule has 1 atom stereocenters. The number of aliphatic hydroxyl groups is 1. The van der Waals surface area contributed by atoms with Crippen LogP contribution in [0.25, 0.3) is 0 Å². The highest BCUT2D eigenvalue weighted by Gasteiger charge is 2.32. The van der Waals surface area contributed by atoms with Crippen LogP contribution in [0.2, 0.25) is 5.02 Å². The largest absolute Gasteiger partial charge is 0.386 e. The zero-order chi connectivity index (χ0) is 12.3. The Labute approximate surface area is 104 Å². The van der Waals surface area contributed by atoms with Crippen LogP contribution in [-0.2, 0) is 4.74 Å². The summed E-state index contributed by atoms with van der Waals surface area (Å²) in [5.74, 6) is -0.322. The van der Waals surface area contributed by atoms with E-state index < -0.39 is 5.60 Å². The Morgan fingerprint density at radius 1 is 1.71 bits per heavy atom. The zero-order valence-corrected chi connectivity index (χ0v) is 9.91. The Morgan fingerprint density at radius 2 is 2.53 bits per heavy atom. The van der Waals surface area contributed by atoms with Gasteiger partial charge in [-0.1, -0.05) is 11.6 Å². The maximum absolute atomic E-state index is 11.8. The van der Waals surface area contributed by atoms with Crippen molar-refractivity contribution in [2.45, 2.75) is 12.0 Å². The van der Waals surface area contributed by atoms with Crippen molar-refractivity contribution < 1.29 is 14.6 Å². The third-order valence-electron chi connectivity index (χ3n) is 2.68. The number of rotatable bonds is 3. The molecule has 2 rings (SSSR count). The fraction of sp³-hybridized carbons (Fsp3) is 0.455. The number of pyridine rings is 1. The van der Waals surface area contributed by atoms with Crippen LogP contribution in [0.4, 0.5) is 0 Å². The van der Waals surface area contributed by atoms with Gasteiger partial charge in [0.05, 0.1) is 17.2 Å². The average Bonchev–Trinajstić information content (AvgIpc) is 2.74. The molecule has 92 valence electrons. The minimum atomic E-state index is -0.963. The molecule has 1 saturated heterocycles. The van der Waals surface area contributed by atoms with Gasteiger partial charge < -0.3 is 15.2 Å². The molecule has 5 nitrogen and oxygen atoms in total. The van der Waals surface area contributed by atoms with Crippen LogP contribution in [0, 0.1) is 0 Å². The van der Waals surface area contributed by atoms with Crippen molar-refractivity contribution in [3.8, 4) is 0 Å². The van der Waals surface area contributed by atoms with Crippen molar-refractivity contribution in [1.29, 1.82) is 0 Å². The molecule has 0 spiro atoms. The minimum absolute atomic E-state index is 0.157. The first-order valence-corrected chi connectivity index (χ1v) is 5.66. The number of halogens is 1. The molecule has 1 aromatic heterocycles. The molecular formula is C11H13ClN2O3. The van der Waals surface area contributed by atoms with Crippen LogP contribution in [0.15, 0.2) is 18.5 Å². The highest BCUT2D eigenvalue weighted by atomic mass is 35.5. The standard InChI is InChI=1S/C11H13ClN2O3/c12-9-5-13-3-1-8(9)10(15)14-6-11(16)2-4-17-7-11/h1,3,5,16H,2,4,6-7H2,(H,14,15). The molecule has 0 bridgehead atoms. The number of hydrogen-bond acceptors (Lipinski definition) is 4. The molecule has 1 fully saturated rings. The first kappa shape index (κ1) is 12.3. The van der Waals surface area contributed by atoms with E-state index in [2.05, 4.69) is 10.3 Å². The zero-order valence-electron chi connectivity index (χ0n) is 9.15. The van der Waals surface area contributed by atoms with Gasteiger partial charge in [-0.25, -0.2) is 0 Å². The summed E-state index contributed by atoms with van der Waals surface area (Å²) in [5.41, 5.74) is -0.612. The normalized spacial score (nSPS) is 23.6. The van der Waals surface area contributed by atoms with E-state index in [-0.39, 0.29) is 19.1 Å². The van der Waals surface area contributed by atoms with Crippen molar-refractivity contribution >= 4 is 17.5 Å². The molecule has 0 saturated carbocycles. The third-order valence-corrected chi connectivity index (χ3v) is 2.98. The van der Waals surface area contributed by atoms with Crippen molar-refractivity contribution in [2.75, 3.05) is 19.8 Å². The van der Waals surface area contributed by atoms with Crippen molar-refractivity contribution in [3.63, 3.8) is 0 Å². The molecule has 1 aromatic rings. The van der Waals surface area contributed by atoms with Gasteiger partial charge in [-0.05, 0) is 6.07 Å². The van der Waals surface area contributed by atoms with E-state index in [0.29, 0.717) is 23.6 Å². The number of amides is 1. The van der Waals surface area contributed by atoms with E-state index in [4.69, 9.17) is 16.3 Å². The lowest BCUT2D eigenvalue weighted by Crippen LogP contribution is -2.43. The van der Waals surface area contributed by atoms with Crippen LogP contribution < -0.4 is 5.32 Å². The van der Waals surface area contributed by atoms with Gasteiger partial charge in [-0.2, -0.15) is 0 Å². The topological polar surface area (TPSA) is 71.5 Å². The predicted molar refractivity (Wildman–Crippen MR) is 62.0 cm³/mol. The number of aromatic nitrogens is 1. The van der Waals surface area contributed by atoms with Gasteiger partial charge in [0.25, 0.3) is 5.91 Å². The lowest BCUT2D eigenvalue weighted by atomic mass is 10.0. The first-order valence-electron chi connectivity index (χ1n) is 5.29. The Hall–Kier alpha value is -1.17. The van der Waals surface area contributed by atoms with Gasteiger partial charge in [0.2, 0.25) is 0 Å². The fourth-order valence-electron chi connectivity index (χ4n) is 1.64. The summed E-state index contributed by atoms with van der Waals surface area (Å²) in [6.45, 7) is 0.921. The van der Waals surface area contributed by atoms with E-state index in [1.165, 1.54) is 18.5 Å². The Kier molecular flexibility index (Phi) is 3.61. The van der Waals surface area contributed by atoms with Crippen LogP contribution in [0.5, 0.6) is 0 Å². The molecule has 1 aliphatic rings. The lowest BCUT2D eigenvalue weighted by Gasteiger charge is -2.20. The molecule has 0 aromatic carbocycles. The number of carbonyl (C=O) groups excluding carboxylic acids is 1. The van der Waals surface area contributed by atoms with E-state index in [0.717, 1.165) is 0 Å². The lowest BCUT2D eigenvalue weighted by molar-refractivity contribution is 0.0264. The van der Waals surface area contributed by atoms with E-state index >= 15 is 0 Å². The van der Waals surface area contributed by atoms with Gasteiger partial charge in [0, 0.05) is 32.0 Å². The second-order valence-electron chi connectivity index (χ2n) is 4.07. The number of ether oxygens (including phenoxy) is 1. The van der Waals surface area contributed by atoms with Crippen LogP contribution in [0.3, 0.4) is 0 Å². The molecule has 2 N–H and O–H groups in total. The molecule has 2 heterocycles. The quantitative estimate of drug-likeness (QED) is 0.832. The maximum Gasteiger partial charge on any atom is 0.253 e. The van der Waals surface area contributed by atoms with Crippen LogP contribution in [-0.4, -0.2) is 41.4 Å². The second-order valence-corrected chi connectivity index (χ2v) is 4.47. The average molecular weight is 257 g/mol. The summed E-state index contributed by atoms with van der Waals surface area (Å²) in [6.07, 6.45) is 3.43. The van der Waals surface area contributed by atoms with Crippen molar-refractivity contribution in [3.05, 3.63) is 29.0 Å². The number of hydrogen-bond donors (Lipinski definition) is 2. The molecule has 6 heteroatoms. The van der Waals surface area contributed by atoms with Gasteiger partial charge >= 0.3 is 0 Å². The van der Waals surface area contributed by atoms with Gasteiger partial charge in [0.1, 0.15) is 5.60 Å². The summed E-state index contributed by atoms with van der Waals surface area (Å²) < 4.78 is 5.08. The number of nitrogens with one attached hydrogen (secondary N) is 1. The monoisotopic (exact) mass is 256 g/mol. The molecule has 0 aliphatic carbocycles. The summed E-state index contributed by atoms with van der Waals surface area (Å²) in [4.78, 5) is 15.6. The summed E-state index contributed by atoms with van der Waals surface area (Å²) in [5, 5.41) is 12.9. The Bertz CT molecular complexity index is 419. The summed E-state index contributed by atoms with van der Waals surface area (Å²) in [6, 6.07) is 1.53. The van der Waals surface area contributed by atoms with Crippen LogP contribution in [0.1, 0.15) is 16.8 Å². The summed E-state index contributed by atoms with van der Waals surface area (Å²) >= 11 is 5.84. The Morgan fingerprint density at radius 3 is 3.18 bits per heavy atom. The highest BCUT2D eigenvalue weighted by molar-refractivity contribution is 6.33. The predicted octanol–water partition coefficient (Wildman–Crippen LogP) is 0.616. The van der Waals surface area contributed by atoms with Gasteiger partial charge in [0.15, 0.2) is 0 Å². The molecule has 1 unspecified atom stereocenters. The minimum Gasteiger partial charge on any atom is -0.386 e. The van der Waals surface area contributed by atoms with E-state index in [1.807, 2.05) is 0 Å². The number of nitrogens with zero attached hydrogens (tertiary/aromatic N) is 1. The van der Waals surface area contributed by atoms with Crippen molar-refractivity contribution in [2.24, 2.45) is 0 Å². The maximum atomic E-state index is 11.8. The molecule has 0 radical (unpaired) electrons. The molecule has 17 heavy (non-hydrogen) atoms. The third kappa shape index (κ3) is 2.94. The first-order chi connectivity index (χ1) is 8.11. The van der Waals surface area contributed by atoms with Crippen molar-refractivity contribution in [1.82, 2.24) is 10.3 Å². The molecule has 1 amide bonds. The Balaban J connectivity index is 1.96. The van der Waals surface area contributed by atoms with Gasteiger partial charge in [-0.3, -0.25) is 9.78 Å². The number of carbonyl (C=O) groups is 1. The fourth-order valence-corrected chi connectivity index (χ4v) is 1.84. The molecule has 1 aliphatic heterocycles. The SMILES string of the molecule is O=C(NCC1(O)CCOC1)c1ccncc1Cl.